The zero-order valence-electron chi connectivity index (χ0n) is 23.6. The number of halogens is 3. The molecule has 1 saturated heterocycles. The lowest BCUT2D eigenvalue weighted by Crippen LogP contribution is -2.42. The zero-order chi connectivity index (χ0) is 31.4. The normalized spacial score (nSPS) is 14.2. The van der Waals surface area contributed by atoms with E-state index in [-0.39, 0.29) is 11.3 Å². The number of benzene rings is 3. The number of amides is 3. The van der Waals surface area contributed by atoms with Gasteiger partial charge >= 0.3 is 6.18 Å². The molecular formula is C30H30F3N7O4. The van der Waals surface area contributed by atoms with Gasteiger partial charge in [-0.3, -0.25) is 19.5 Å². The number of carbonyl (C=O) groups is 3. The van der Waals surface area contributed by atoms with Crippen LogP contribution in [0.4, 0.5) is 30.2 Å². The summed E-state index contributed by atoms with van der Waals surface area (Å²) in [6.07, 6.45) is -4.61. The molecule has 11 nitrogen and oxygen atoms in total. The van der Waals surface area contributed by atoms with Crippen molar-refractivity contribution in [3.8, 4) is 0 Å². The van der Waals surface area contributed by atoms with Crippen LogP contribution in [-0.4, -0.2) is 60.3 Å². The van der Waals surface area contributed by atoms with Crippen molar-refractivity contribution in [3.05, 3.63) is 83.0 Å². The van der Waals surface area contributed by atoms with Crippen LogP contribution in [0.3, 0.4) is 0 Å². The fraction of sp³-hybridized carbons (Fsp3) is 0.267. The second kappa shape index (κ2) is 12.6. The minimum absolute atomic E-state index is 0.102. The van der Waals surface area contributed by atoms with Gasteiger partial charge in [0, 0.05) is 47.6 Å². The highest BCUT2D eigenvalue weighted by molar-refractivity contribution is 6.06. The monoisotopic (exact) mass is 609 g/mol. The van der Waals surface area contributed by atoms with E-state index in [4.69, 9.17) is 10.5 Å². The van der Waals surface area contributed by atoms with Crippen LogP contribution in [0.25, 0.3) is 10.9 Å². The molecule has 0 saturated carbocycles. The number of hydrogen-bond donors (Lipinski definition) is 5. The van der Waals surface area contributed by atoms with Gasteiger partial charge in [-0.25, -0.2) is 0 Å². The molecule has 4 aromatic rings. The summed E-state index contributed by atoms with van der Waals surface area (Å²) in [7, 11) is 0. The summed E-state index contributed by atoms with van der Waals surface area (Å²) in [6.45, 7) is 3.48. The molecule has 1 aromatic heterocycles. The number of aromatic amines is 1. The molecule has 6 N–H and O–H groups in total. The first-order valence-electron chi connectivity index (χ1n) is 13.8. The Kier molecular flexibility index (Phi) is 8.71. The molecule has 3 amide bonds. The first-order valence-corrected chi connectivity index (χ1v) is 13.8. The number of carbonyl (C=O) groups excluding carboxylic acids is 3. The van der Waals surface area contributed by atoms with Gasteiger partial charge in [0.1, 0.15) is 6.04 Å². The number of anilines is 3. The molecule has 1 fully saturated rings. The minimum Gasteiger partial charge on any atom is -0.381 e. The van der Waals surface area contributed by atoms with E-state index in [1.165, 1.54) is 13.0 Å². The largest absolute Gasteiger partial charge is 0.416 e. The van der Waals surface area contributed by atoms with Crippen molar-refractivity contribution >= 4 is 45.7 Å². The summed E-state index contributed by atoms with van der Waals surface area (Å²) < 4.78 is 46.3. The van der Waals surface area contributed by atoms with E-state index in [1.54, 1.807) is 41.3 Å². The second-order valence-corrected chi connectivity index (χ2v) is 10.3. The number of hydrogen-bond acceptors (Lipinski definition) is 7. The van der Waals surface area contributed by atoms with Crippen molar-refractivity contribution in [2.24, 2.45) is 5.73 Å². The Morgan fingerprint density at radius 3 is 2.52 bits per heavy atom. The van der Waals surface area contributed by atoms with E-state index in [1.807, 2.05) is 6.07 Å². The Balaban J connectivity index is 1.26. The van der Waals surface area contributed by atoms with Crippen LogP contribution in [0.15, 0.2) is 60.7 Å². The third-order valence-corrected chi connectivity index (χ3v) is 7.12. The standard InChI is InChI=1S/C30H30F3N7O4/c1-17(27(34)41)36-29(43)26-24-6-5-21(15-25(24)38-39-26)35-16-18-3-2-4-22(11-18)37-28(42)19-12-20(30(31,32)33)14-23(13-19)40-7-9-44-10-8-40/h2-6,11-15,17,35H,7-10,16H2,1H3,(H2,34,41)(H,36,43)(H,37,42)(H,38,39)/t17-/m0/s1. The average Bonchev–Trinajstić information content (AvgIpc) is 3.43. The van der Waals surface area contributed by atoms with Crippen LogP contribution < -0.4 is 26.6 Å². The molecule has 0 radical (unpaired) electrons. The van der Waals surface area contributed by atoms with Gasteiger partial charge in [0.15, 0.2) is 5.69 Å². The number of alkyl halides is 3. The molecule has 230 valence electrons. The summed E-state index contributed by atoms with van der Waals surface area (Å²) >= 11 is 0. The fourth-order valence-corrected chi connectivity index (χ4v) is 4.72. The molecule has 1 aliphatic heterocycles. The lowest BCUT2D eigenvalue weighted by Gasteiger charge is -2.29. The highest BCUT2D eigenvalue weighted by Gasteiger charge is 2.32. The smallest absolute Gasteiger partial charge is 0.381 e. The molecule has 3 aromatic carbocycles. The highest BCUT2D eigenvalue weighted by atomic mass is 19.4. The summed E-state index contributed by atoms with van der Waals surface area (Å²) in [5.41, 5.74) is 7.17. The van der Waals surface area contributed by atoms with Crippen LogP contribution in [-0.2, 0) is 22.3 Å². The van der Waals surface area contributed by atoms with Gasteiger partial charge in [0.25, 0.3) is 11.8 Å². The van der Waals surface area contributed by atoms with Crippen molar-refractivity contribution in [2.75, 3.05) is 41.8 Å². The van der Waals surface area contributed by atoms with Crippen molar-refractivity contribution in [2.45, 2.75) is 25.7 Å². The van der Waals surface area contributed by atoms with Gasteiger partial charge < -0.3 is 31.3 Å². The maximum Gasteiger partial charge on any atom is 0.416 e. The van der Waals surface area contributed by atoms with Gasteiger partial charge in [0.2, 0.25) is 5.91 Å². The number of primary amides is 1. The number of H-pyrrole nitrogens is 1. The van der Waals surface area contributed by atoms with Gasteiger partial charge in [-0.2, -0.15) is 18.3 Å². The van der Waals surface area contributed by atoms with E-state index in [0.29, 0.717) is 60.8 Å². The van der Waals surface area contributed by atoms with Gasteiger partial charge in [0.05, 0.1) is 24.3 Å². The molecule has 0 spiro atoms. The number of nitrogens with zero attached hydrogens (tertiary/aromatic N) is 2. The molecule has 0 unspecified atom stereocenters. The molecular weight excluding hydrogens is 579 g/mol. The van der Waals surface area contributed by atoms with E-state index in [0.717, 1.165) is 17.7 Å². The molecule has 5 rings (SSSR count). The number of ether oxygens (including phenoxy) is 1. The van der Waals surface area contributed by atoms with Crippen LogP contribution in [0.1, 0.15) is 38.9 Å². The quantitative estimate of drug-likeness (QED) is 0.193. The predicted octanol–water partition coefficient (Wildman–Crippen LogP) is 3.89. The summed E-state index contributed by atoms with van der Waals surface area (Å²) in [4.78, 5) is 38.6. The van der Waals surface area contributed by atoms with Crippen LogP contribution in [0.5, 0.6) is 0 Å². The highest BCUT2D eigenvalue weighted by Crippen LogP contribution is 2.33. The summed E-state index contributed by atoms with van der Waals surface area (Å²) in [5.74, 6) is -1.86. The lowest BCUT2D eigenvalue weighted by molar-refractivity contribution is -0.137. The first kappa shape index (κ1) is 30.4. The predicted molar refractivity (Wildman–Crippen MR) is 158 cm³/mol. The molecule has 44 heavy (non-hydrogen) atoms. The Morgan fingerprint density at radius 1 is 1.02 bits per heavy atom. The molecule has 0 aliphatic carbocycles. The summed E-state index contributed by atoms with van der Waals surface area (Å²) in [6, 6.07) is 14.7. The number of morpholine rings is 1. The number of nitrogens with one attached hydrogen (secondary N) is 4. The van der Waals surface area contributed by atoms with Crippen LogP contribution in [0, 0.1) is 0 Å². The van der Waals surface area contributed by atoms with Crippen molar-refractivity contribution < 1.29 is 32.3 Å². The molecule has 0 bridgehead atoms. The first-order chi connectivity index (χ1) is 21.0. The Bertz CT molecular complexity index is 1700. The molecule has 2 heterocycles. The maximum atomic E-state index is 13.7. The van der Waals surface area contributed by atoms with Gasteiger partial charge in [-0.05, 0) is 61.0 Å². The van der Waals surface area contributed by atoms with Crippen LogP contribution >= 0.6 is 0 Å². The van der Waals surface area contributed by atoms with Gasteiger partial charge in [-0.15, -0.1) is 0 Å². The van der Waals surface area contributed by atoms with Crippen molar-refractivity contribution in [1.29, 1.82) is 0 Å². The van der Waals surface area contributed by atoms with E-state index in [9.17, 15) is 27.6 Å². The lowest BCUT2D eigenvalue weighted by atomic mass is 10.1. The third kappa shape index (κ3) is 7.09. The number of rotatable bonds is 9. The maximum absolute atomic E-state index is 13.7. The van der Waals surface area contributed by atoms with Crippen molar-refractivity contribution in [1.82, 2.24) is 15.5 Å². The molecule has 1 atom stereocenters. The number of nitrogens with two attached hydrogens (primary N) is 1. The number of aromatic nitrogens is 2. The third-order valence-electron chi connectivity index (χ3n) is 7.12. The second-order valence-electron chi connectivity index (χ2n) is 10.3. The zero-order valence-corrected chi connectivity index (χ0v) is 23.6. The van der Waals surface area contributed by atoms with Crippen molar-refractivity contribution in [3.63, 3.8) is 0 Å². The minimum atomic E-state index is -4.61. The number of fused-ring (bicyclic) bond motifs is 1. The molecule has 14 heteroatoms. The SMILES string of the molecule is C[C@H](NC(=O)c1n[nH]c2cc(NCc3cccc(NC(=O)c4cc(N5CCOCC5)cc(C(F)(F)F)c4)c3)ccc12)C(N)=O. The van der Waals surface area contributed by atoms with E-state index in [2.05, 4.69) is 26.1 Å². The summed E-state index contributed by atoms with van der Waals surface area (Å²) in [5, 5.41) is 15.9. The average molecular weight is 610 g/mol. The molecule has 1 aliphatic rings. The van der Waals surface area contributed by atoms with Crippen LogP contribution in [0.2, 0.25) is 0 Å². The van der Waals surface area contributed by atoms with E-state index >= 15 is 0 Å². The van der Waals surface area contributed by atoms with Gasteiger partial charge in [-0.1, -0.05) is 12.1 Å². The Labute approximate surface area is 249 Å². The van der Waals surface area contributed by atoms with E-state index < -0.39 is 35.5 Å². The topological polar surface area (TPSA) is 154 Å². The Morgan fingerprint density at radius 2 is 1.80 bits per heavy atom. The fourth-order valence-electron chi connectivity index (χ4n) is 4.72. The Hall–Kier alpha value is -5.11.